The van der Waals surface area contributed by atoms with Crippen molar-refractivity contribution in [2.45, 2.75) is 6.92 Å². The van der Waals surface area contributed by atoms with Crippen molar-refractivity contribution >= 4 is 35.4 Å². The molecular weight excluding hydrogens is 318 g/mol. The van der Waals surface area contributed by atoms with Crippen LogP contribution in [0.3, 0.4) is 0 Å². The molecule has 2 aromatic carbocycles. The van der Waals surface area contributed by atoms with E-state index in [9.17, 15) is 14.9 Å². The van der Waals surface area contributed by atoms with Gasteiger partial charge in [0.15, 0.2) is 0 Å². The third kappa shape index (κ3) is 4.43. The quantitative estimate of drug-likeness (QED) is 0.683. The Labute approximate surface area is 140 Å². The van der Waals surface area contributed by atoms with Gasteiger partial charge in [-0.15, -0.1) is 12.4 Å². The molecule has 0 fully saturated rings. The molecule has 1 amide bonds. The van der Waals surface area contributed by atoms with E-state index in [0.29, 0.717) is 16.8 Å². The molecule has 23 heavy (non-hydrogen) atoms. The van der Waals surface area contributed by atoms with Gasteiger partial charge < -0.3 is 10.2 Å². The van der Waals surface area contributed by atoms with Crippen LogP contribution >= 0.6 is 12.4 Å². The first-order valence-electron chi connectivity index (χ1n) is 6.72. The standard InChI is InChI=1S/C16H17N3O3.ClH/c1-11-10-12(4-9-15(11)19(21)22)16(20)17-13-5-7-14(8-6-13)18(2)3;/h4-10H,1-3H3,(H,17,20);1H. The average molecular weight is 336 g/mol. The molecule has 6 nitrogen and oxygen atoms in total. The minimum Gasteiger partial charge on any atom is -0.378 e. The van der Waals surface area contributed by atoms with Crippen LogP contribution in [0.1, 0.15) is 15.9 Å². The summed E-state index contributed by atoms with van der Waals surface area (Å²) >= 11 is 0. The number of benzene rings is 2. The van der Waals surface area contributed by atoms with Gasteiger partial charge in [0, 0.05) is 42.7 Å². The summed E-state index contributed by atoms with van der Waals surface area (Å²) in [6, 6.07) is 11.7. The number of nitrogens with one attached hydrogen (secondary N) is 1. The second-order valence-corrected chi connectivity index (χ2v) is 5.15. The highest BCUT2D eigenvalue weighted by molar-refractivity contribution is 6.04. The summed E-state index contributed by atoms with van der Waals surface area (Å²) in [6.45, 7) is 1.61. The smallest absolute Gasteiger partial charge is 0.272 e. The molecule has 0 aliphatic rings. The Kier molecular flexibility index (Phi) is 6.10. The molecule has 0 unspecified atom stereocenters. The molecule has 0 saturated carbocycles. The first kappa shape index (κ1) is 18.4. The molecule has 2 rings (SSSR count). The number of amides is 1. The van der Waals surface area contributed by atoms with Crippen molar-refractivity contribution in [2.75, 3.05) is 24.3 Å². The van der Waals surface area contributed by atoms with E-state index in [2.05, 4.69) is 5.32 Å². The van der Waals surface area contributed by atoms with Crippen LogP contribution in [-0.4, -0.2) is 24.9 Å². The van der Waals surface area contributed by atoms with Crippen LogP contribution in [-0.2, 0) is 0 Å². The Morgan fingerprint density at radius 1 is 1.13 bits per heavy atom. The number of hydrogen-bond acceptors (Lipinski definition) is 4. The number of carbonyl (C=O) groups is 1. The molecule has 7 heteroatoms. The van der Waals surface area contributed by atoms with Crippen molar-refractivity contribution in [1.82, 2.24) is 0 Å². The van der Waals surface area contributed by atoms with Gasteiger partial charge in [0.25, 0.3) is 11.6 Å². The fourth-order valence-corrected chi connectivity index (χ4v) is 2.05. The molecule has 122 valence electrons. The zero-order chi connectivity index (χ0) is 16.3. The summed E-state index contributed by atoms with van der Waals surface area (Å²) in [5, 5.41) is 13.6. The second kappa shape index (κ2) is 7.60. The number of hydrogen-bond donors (Lipinski definition) is 1. The van der Waals surface area contributed by atoms with E-state index in [1.165, 1.54) is 18.2 Å². The van der Waals surface area contributed by atoms with Crippen LogP contribution in [0.15, 0.2) is 42.5 Å². The molecular formula is C16H18ClN3O3. The van der Waals surface area contributed by atoms with E-state index in [-0.39, 0.29) is 24.0 Å². The zero-order valence-corrected chi connectivity index (χ0v) is 13.9. The van der Waals surface area contributed by atoms with Gasteiger partial charge in [-0.05, 0) is 43.3 Å². The number of anilines is 2. The lowest BCUT2D eigenvalue weighted by atomic mass is 10.1. The van der Waals surface area contributed by atoms with E-state index in [1.54, 1.807) is 6.92 Å². The lowest BCUT2D eigenvalue weighted by molar-refractivity contribution is -0.385. The van der Waals surface area contributed by atoms with E-state index in [1.807, 2.05) is 43.3 Å². The molecule has 0 spiro atoms. The average Bonchev–Trinajstić information content (AvgIpc) is 2.47. The predicted octanol–water partition coefficient (Wildman–Crippen LogP) is 3.64. The molecule has 0 bridgehead atoms. The number of carbonyl (C=O) groups excluding carboxylic acids is 1. The summed E-state index contributed by atoms with van der Waals surface area (Å²) in [5.41, 5.74) is 2.56. The van der Waals surface area contributed by atoms with Crippen molar-refractivity contribution in [3.8, 4) is 0 Å². The van der Waals surface area contributed by atoms with Gasteiger partial charge in [0.05, 0.1) is 4.92 Å². The minimum absolute atomic E-state index is 0. The summed E-state index contributed by atoms with van der Waals surface area (Å²) < 4.78 is 0. The van der Waals surface area contributed by atoms with Crippen LogP contribution < -0.4 is 10.2 Å². The highest BCUT2D eigenvalue weighted by Crippen LogP contribution is 2.20. The Balaban J connectivity index is 0.00000264. The lowest BCUT2D eigenvalue weighted by Crippen LogP contribution is -2.13. The summed E-state index contributed by atoms with van der Waals surface area (Å²) in [7, 11) is 3.88. The van der Waals surface area contributed by atoms with Crippen LogP contribution in [0.5, 0.6) is 0 Å². The molecule has 1 N–H and O–H groups in total. The van der Waals surface area contributed by atoms with Crippen molar-refractivity contribution in [2.24, 2.45) is 0 Å². The van der Waals surface area contributed by atoms with Gasteiger partial charge in [-0.25, -0.2) is 0 Å². The molecule has 2 aromatic rings. The number of rotatable bonds is 4. The fourth-order valence-electron chi connectivity index (χ4n) is 2.05. The number of halogens is 1. The lowest BCUT2D eigenvalue weighted by Gasteiger charge is -2.13. The van der Waals surface area contributed by atoms with Crippen LogP contribution in [0.4, 0.5) is 17.1 Å². The number of nitro groups is 1. The van der Waals surface area contributed by atoms with Gasteiger partial charge in [-0.1, -0.05) is 0 Å². The van der Waals surface area contributed by atoms with Gasteiger partial charge >= 0.3 is 0 Å². The van der Waals surface area contributed by atoms with Crippen LogP contribution in [0, 0.1) is 17.0 Å². The molecule has 0 aliphatic carbocycles. The second-order valence-electron chi connectivity index (χ2n) is 5.15. The van der Waals surface area contributed by atoms with Gasteiger partial charge in [-0.2, -0.15) is 0 Å². The highest BCUT2D eigenvalue weighted by Gasteiger charge is 2.13. The summed E-state index contributed by atoms with van der Waals surface area (Å²) in [5.74, 6) is -0.296. The van der Waals surface area contributed by atoms with Gasteiger partial charge in [0.1, 0.15) is 0 Å². The first-order valence-corrected chi connectivity index (χ1v) is 6.72. The molecule has 0 atom stereocenters. The van der Waals surface area contributed by atoms with Crippen molar-refractivity contribution in [1.29, 1.82) is 0 Å². The monoisotopic (exact) mass is 335 g/mol. The Bertz CT molecular complexity index is 715. The van der Waals surface area contributed by atoms with Crippen LogP contribution in [0.25, 0.3) is 0 Å². The maximum Gasteiger partial charge on any atom is 0.272 e. The molecule has 0 radical (unpaired) electrons. The molecule has 0 aromatic heterocycles. The summed E-state index contributed by atoms with van der Waals surface area (Å²) in [4.78, 5) is 24.5. The molecule has 0 heterocycles. The topological polar surface area (TPSA) is 75.5 Å². The summed E-state index contributed by atoms with van der Waals surface area (Å²) in [6.07, 6.45) is 0. The fraction of sp³-hybridized carbons (Fsp3) is 0.188. The largest absolute Gasteiger partial charge is 0.378 e. The van der Waals surface area contributed by atoms with Crippen molar-refractivity contribution in [3.63, 3.8) is 0 Å². The number of aryl methyl sites for hydroxylation is 1. The third-order valence-corrected chi connectivity index (χ3v) is 3.30. The Hall–Kier alpha value is -2.60. The normalized spacial score (nSPS) is 9.70. The van der Waals surface area contributed by atoms with E-state index >= 15 is 0 Å². The first-order chi connectivity index (χ1) is 10.4. The zero-order valence-electron chi connectivity index (χ0n) is 13.1. The maximum absolute atomic E-state index is 12.2. The van der Waals surface area contributed by atoms with Crippen molar-refractivity contribution in [3.05, 3.63) is 63.7 Å². The predicted molar refractivity (Wildman–Crippen MR) is 93.8 cm³/mol. The molecule has 0 saturated heterocycles. The van der Waals surface area contributed by atoms with E-state index in [0.717, 1.165) is 5.69 Å². The van der Waals surface area contributed by atoms with E-state index in [4.69, 9.17) is 0 Å². The SMILES string of the molecule is Cc1cc(C(=O)Nc2ccc(N(C)C)cc2)ccc1[N+](=O)[O-].Cl. The molecule has 0 aliphatic heterocycles. The Morgan fingerprint density at radius 3 is 2.22 bits per heavy atom. The van der Waals surface area contributed by atoms with E-state index < -0.39 is 4.92 Å². The van der Waals surface area contributed by atoms with Crippen molar-refractivity contribution < 1.29 is 9.72 Å². The Morgan fingerprint density at radius 2 is 1.74 bits per heavy atom. The number of nitro benzene ring substituents is 1. The third-order valence-electron chi connectivity index (χ3n) is 3.30. The van der Waals surface area contributed by atoms with Gasteiger partial charge in [0.2, 0.25) is 0 Å². The van der Waals surface area contributed by atoms with Crippen LogP contribution in [0.2, 0.25) is 0 Å². The maximum atomic E-state index is 12.2. The number of nitrogens with zero attached hydrogens (tertiary/aromatic N) is 2. The highest BCUT2D eigenvalue weighted by atomic mass is 35.5. The minimum atomic E-state index is -0.461. The van der Waals surface area contributed by atoms with Gasteiger partial charge in [-0.3, -0.25) is 14.9 Å².